The van der Waals surface area contributed by atoms with Gasteiger partial charge in [-0.15, -0.1) is 14.6 Å². The van der Waals surface area contributed by atoms with Gasteiger partial charge in [-0.2, -0.15) is 13.0 Å². The lowest BCUT2D eigenvalue weighted by molar-refractivity contribution is -2.00. The summed E-state index contributed by atoms with van der Waals surface area (Å²) >= 11 is 0. The predicted molar refractivity (Wildman–Crippen MR) is 166 cm³/mol. The summed E-state index contributed by atoms with van der Waals surface area (Å²) in [5.41, 5.74) is 17.1. The van der Waals surface area contributed by atoms with E-state index in [-0.39, 0.29) is 17.2 Å². The van der Waals surface area contributed by atoms with Crippen molar-refractivity contribution in [2.45, 2.75) is 17.9 Å². The van der Waals surface area contributed by atoms with Crippen molar-refractivity contribution in [2.24, 2.45) is 15.9 Å². The van der Waals surface area contributed by atoms with E-state index in [4.69, 9.17) is 30.1 Å². The van der Waals surface area contributed by atoms with E-state index in [0.717, 1.165) is 33.6 Å². The fraction of sp³-hybridized carbons (Fsp3) is 0.0606. The van der Waals surface area contributed by atoms with Gasteiger partial charge in [0.25, 0.3) is 10.0 Å². The van der Waals surface area contributed by atoms with Gasteiger partial charge in [0.05, 0.1) is 11.3 Å². The standard InChI is InChI=1S/C33H29N5O3S.ClHO4/c34-33(35)37-42(40,41)29-18-16-28(17-19-29)36-32(39)20-21-38-30(25-12-6-2-7-13-25)22-27(24-10-4-1-5-11-24)23-31(38)26-14-8-3-9-15-26;2-1(3,4)5/h1-19,22-23H,20-21H2,(H4-,34,35,36,37,39);(H,2,3,4,5). The van der Waals surface area contributed by atoms with Crippen LogP contribution in [0.1, 0.15) is 6.42 Å². The summed E-state index contributed by atoms with van der Waals surface area (Å²) in [5, 5.41) is 2.86. The number of nitrogens with two attached hydrogens (primary N) is 2. The number of carbonyl (C=O) groups excluding carboxylic acids is 1. The highest BCUT2D eigenvalue weighted by molar-refractivity contribution is 7.90. The highest BCUT2D eigenvalue weighted by Gasteiger charge is 2.23. The van der Waals surface area contributed by atoms with Gasteiger partial charge in [0.2, 0.25) is 23.3 Å². The number of nitrogens with zero attached hydrogens (tertiary/aromatic N) is 2. The molecule has 1 heterocycles. The molecule has 47 heavy (non-hydrogen) atoms. The highest BCUT2D eigenvalue weighted by Crippen LogP contribution is 2.29. The number of anilines is 1. The molecular formula is C33H30ClN5O7S. The second kappa shape index (κ2) is 15.4. The summed E-state index contributed by atoms with van der Waals surface area (Å²) in [6.45, 7) is 0.409. The van der Waals surface area contributed by atoms with E-state index in [2.05, 4.69) is 62.8 Å². The first-order valence-electron chi connectivity index (χ1n) is 13.9. The van der Waals surface area contributed by atoms with Crippen molar-refractivity contribution in [3.05, 3.63) is 127 Å². The Morgan fingerprint density at radius 1 is 0.681 bits per heavy atom. The van der Waals surface area contributed by atoms with E-state index in [9.17, 15) is 13.2 Å². The Balaban J connectivity index is 0.000000930. The summed E-state index contributed by atoms with van der Waals surface area (Å²) in [6.07, 6.45) is 0.184. The van der Waals surface area contributed by atoms with E-state index in [1.54, 1.807) is 0 Å². The van der Waals surface area contributed by atoms with Crippen LogP contribution in [0.4, 0.5) is 5.69 Å². The molecule has 0 bridgehead atoms. The third-order valence-corrected chi connectivity index (χ3v) is 7.96. The van der Waals surface area contributed by atoms with Crippen LogP contribution in [-0.4, -0.2) is 20.3 Å². The van der Waals surface area contributed by atoms with Crippen LogP contribution in [0.2, 0.25) is 0 Å². The Hall–Kier alpha value is -5.15. The normalized spacial score (nSPS) is 11.1. The molecule has 1 aromatic heterocycles. The maximum absolute atomic E-state index is 13.1. The molecule has 0 fully saturated rings. The molecule has 0 saturated heterocycles. The average Bonchev–Trinajstić information content (AvgIpc) is 3.03. The van der Waals surface area contributed by atoms with Crippen LogP contribution in [0.3, 0.4) is 0 Å². The van der Waals surface area contributed by atoms with Crippen LogP contribution in [-0.2, 0) is 21.4 Å². The van der Waals surface area contributed by atoms with Crippen LogP contribution >= 0.6 is 0 Å². The zero-order valence-corrected chi connectivity index (χ0v) is 26.3. The van der Waals surface area contributed by atoms with Gasteiger partial charge < -0.3 is 16.8 Å². The number of nitrogens with one attached hydrogen (secondary N) is 1. The number of benzene rings is 4. The van der Waals surface area contributed by atoms with Crippen LogP contribution in [0, 0.1) is 10.2 Å². The number of aromatic nitrogens is 1. The van der Waals surface area contributed by atoms with Gasteiger partial charge in [-0.25, -0.2) is 18.6 Å². The van der Waals surface area contributed by atoms with Crippen molar-refractivity contribution in [2.75, 3.05) is 5.32 Å². The van der Waals surface area contributed by atoms with Gasteiger partial charge >= 0.3 is 0 Å². The molecular weight excluding hydrogens is 646 g/mol. The van der Waals surface area contributed by atoms with Crippen LogP contribution < -0.4 is 40.0 Å². The number of rotatable bonds is 9. The molecule has 14 heteroatoms. The van der Waals surface area contributed by atoms with Crippen LogP contribution in [0.15, 0.2) is 137 Å². The zero-order chi connectivity index (χ0) is 34.0. The molecule has 0 atom stereocenters. The number of pyridine rings is 1. The monoisotopic (exact) mass is 675 g/mol. The first-order chi connectivity index (χ1) is 22.3. The highest BCUT2D eigenvalue weighted by atomic mass is 35.7. The summed E-state index contributed by atoms with van der Waals surface area (Å²) < 4.78 is 63.8. The van der Waals surface area contributed by atoms with Crippen molar-refractivity contribution in [3.63, 3.8) is 0 Å². The SMILES string of the molecule is NC(N)=NS(=O)(=O)c1ccc(NC(=O)CC[n+]2c(-c3ccccc3)cc(-c3ccccc3)cc2-c2ccccc2)cc1.[O-][Cl+3]([O-])([O-])[O-]. The van der Waals surface area contributed by atoms with Gasteiger partial charge in [0.1, 0.15) is 0 Å². The fourth-order valence-electron chi connectivity index (χ4n) is 4.69. The van der Waals surface area contributed by atoms with Gasteiger partial charge in [-0.3, -0.25) is 4.79 Å². The van der Waals surface area contributed by atoms with Crippen molar-refractivity contribution in [1.29, 1.82) is 0 Å². The molecule has 1 amide bonds. The van der Waals surface area contributed by atoms with E-state index < -0.39 is 26.2 Å². The minimum atomic E-state index is -4.94. The number of guanidine groups is 1. The van der Waals surface area contributed by atoms with Gasteiger partial charge in [-0.1, -0.05) is 66.7 Å². The van der Waals surface area contributed by atoms with Gasteiger partial charge in [0, 0.05) is 28.9 Å². The molecule has 5 aromatic rings. The molecule has 242 valence electrons. The molecule has 0 spiro atoms. The molecule has 4 aromatic carbocycles. The molecule has 0 aliphatic carbocycles. The maximum Gasteiger partial charge on any atom is 0.285 e. The first kappa shape index (κ1) is 34.7. The second-order valence-corrected chi connectivity index (χ2v) is 12.3. The summed E-state index contributed by atoms with van der Waals surface area (Å²) in [7, 11) is -8.96. The van der Waals surface area contributed by atoms with Crippen LogP contribution in [0.5, 0.6) is 0 Å². The topological polar surface area (TPSA) is 224 Å². The van der Waals surface area contributed by atoms with E-state index in [0.29, 0.717) is 12.2 Å². The second-order valence-electron chi connectivity index (χ2n) is 9.96. The summed E-state index contributed by atoms with van der Waals surface area (Å²) in [5.74, 6) is -0.765. The number of hydrogen-bond acceptors (Lipinski definition) is 7. The molecule has 0 aliphatic rings. The predicted octanol–water partition coefficient (Wildman–Crippen LogP) is 0.210. The number of sulfonamides is 1. The van der Waals surface area contributed by atoms with Gasteiger partial charge in [-0.05, 0) is 59.7 Å². The van der Waals surface area contributed by atoms with Crippen molar-refractivity contribution < 1.29 is 46.7 Å². The fourth-order valence-corrected chi connectivity index (χ4v) is 5.56. The van der Waals surface area contributed by atoms with Crippen LogP contribution in [0.25, 0.3) is 33.6 Å². The molecule has 0 radical (unpaired) electrons. The lowest BCUT2D eigenvalue weighted by atomic mass is 9.99. The van der Waals surface area contributed by atoms with Crippen molar-refractivity contribution in [3.8, 4) is 33.6 Å². The quantitative estimate of drug-likeness (QED) is 0.110. The molecule has 0 unspecified atom stereocenters. The van der Waals surface area contributed by atoms with E-state index in [1.807, 2.05) is 54.6 Å². The number of carbonyl (C=O) groups is 1. The minimum Gasteiger partial charge on any atom is -0.369 e. The number of amides is 1. The summed E-state index contributed by atoms with van der Waals surface area (Å²) in [4.78, 5) is 13.0. The Morgan fingerprint density at radius 3 is 1.53 bits per heavy atom. The smallest absolute Gasteiger partial charge is 0.285 e. The molecule has 5 N–H and O–H groups in total. The lowest BCUT2D eigenvalue weighted by Gasteiger charge is -2.17. The Bertz CT molecular complexity index is 1870. The maximum atomic E-state index is 13.1. The lowest BCUT2D eigenvalue weighted by Crippen LogP contribution is -2.68. The van der Waals surface area contributed by atoms with Crippen molar-refractivity contribution in [1.82, 2.24) is 0 Å². The van der Waals surface area contributed by atoms with Crippen molar-refractivity contribution >= 4 is 27.6 Å². The minimum absolute atomic E-state index is 0.0806. The largest absolute Gasteiger partial charge is 0.369 e. The number of halogens is 1. The third-order valence-electron chi connectivity index (χ3n) is 6.64. The number of hydrogen-bond donors (Lipinski definition) is 3. The summed E-state index contributed by atoms with van der Waals surface area (Å²) in [6, 6.07) is 40.4. The zero-order valence-electron chi connectivity index (χ0n) is 24.7. The average molecular weight is 676 g/mol. The van der Waals surface area contributed by atoms with E-state index >= 15 is 0 Å². The molecule has 0 saturated carbocycles. The first-order valence-corrected chi connectivity index (χ1v) is 16.6. The molecule has 0 aliphatic heterocycles. The Labute approximate surface area is 273 Å². The molecule has 12 nitrogen and oxygen atoms in total. The van der Waals surface area contributed by atoms with Gasteiger partial charge in [0.15, 0.2) is 6.54 Å². The Morgan fingerprint density at radius 2 is 1.11 bits per heavy atom. The molecule has 5 rings (SSSR count). The Kier molecular flexibility index (Phi) is 11.4. The third kappa shape index (κ3) is 10.4. The van der Waals surface area contributed by atoms with E-state index in [1.165, 1.54) is 24.3 Å².